The molecule has 14 heavy (non-hydrogen) atoms. The molecule has 3 atom stereocenters. The van der Waals surface area contributed by atoms with Crippen LogP contribution in [0.3, 0.4) is 0 Å². The third-order valence-electron chi connectivity index (χ3n) is 3.14. The Morgan fingerprint density at radius 3 is 2.86 bits per heavy atom. The molecule has 0 saturated heterocycles. The molecule has 0 aromatic heterocycles. The van der Waals surface area contributed by atoms with Gasteiger partial charge in [0.25, 0.3) is 0 Å². The Hall–Kier alpha value is -0.850. The summed E-state index contributed by atoms with van der Waals surface area (Å²) in [5.74, 6) is 1.45. The molecule has 0 aromatic carbocycles. The summed E-state index contributed by atoms with van der Waals surface area (Å²) in [5, 5.41) is 0. The Balaban J connectivity index is 2.80. The summed E-state index contributed by atoms with van der Waals surface area (Å²) in [6.07, 6.45) is 10.1. The minimum atomic E-state index is 0.209. The van der Waals surface area contributed by atoms with E-state index in [2.05, 4.69) is 26.0 Å². The predicted octanol–water partition coefficient (Wildman–Crippen LogP) is 3.37. The molecule has 78 valence electrons. The predicted molar refractivity (Wildman–Crippen MR) is 60.0 cm³/mol. The van der Waals surface area contributed by atoms with Crippen molar-refractivity contribution in [3.05, 3.63) is 24.3 Å². The van der Waals surface area contributed by atoms with Gasteiger partial charge in [0.2, 0.25) is 0 Å². The van der Waals surface area contributed by atoms with Crippen LogP contribution in [0.25, 0.3) is 0 Å². The van der Waals surface area contributed by atoms with Crippen molar-refractivity contribution in [1.29, 1.82) is 0 Å². The molecule has 1 nitrogen and oxygen atoms in total. The Kier molecular flexibility index (Phi) is 4.12. The van der Waals surface area contributed by atoms with E-state index in [0.717, 1.165) is 12.8 Å². The van der Waals surface area contributed by atoms with E-state index in [1.54, 1.807) is 6.08 Å². The lowest BCUT2D eigenvalue weighted by molar-refractivity contribution is -0.121. The maximum Gasteiger partial charge on any atom is 0.159 e. The van der Waals surface area contributed by atoms with E-state index in [4.69, 9.17) is 0 Å². The van der Waals surface area contributed by atoms with Gasteiger partial charge in [-0.15, -0.1) is 0 Å². The van der Waals surface area contributed by atoms with Crippen molar-refractivity contribution in [2.24, 2.45) is 17.8 Å². The first-order valence-electron chi connectivity index (χ1n) is 5.53. The number of ketones is 1. The molecule has 0 unspecified atom stereocenters. The third kappa shape index (κ3) is 2.34. The van der Waals surface area contributed by atoms with Gasteiger partial charge >= 0.3 is 0 Å². The zero-order valence-electron chi connectivity index (χ0n) is 9.36. The van der Waals surface area contributed by atoms with Crippen LogP contribution in [-0.4, -0.2) is 5.78 Å². The molecular formula is C13H20O. The standard InChI is InChI=1S/C13H20O/c1-4-7-12(14)13-10(3)8-6-9-11(13)5-2/h4,6-8,10-11,13H,5,9H2,1-3H3/t10-,11-,13+/m0/s1. The fourth-order valence-electron chi connectivity index (χ4n) is 2.35. The molecule has 0 amide bonds. The molecule has 1 heteroatoms. The first-order valence-corrected chi connectivity index (χ1v) is 5.53. The lowest BCUT2D eigenvalue weighted by Crippen LogP contribution is -2.29. The molecule has 0 bridgehead atoms. The van der Waals surface area contributed by atoms with Gasteiger partial charge in [-0.25, -0.2) is 0 Å². The molecule has 0 aliphatic heterocycles. The number of hydrogen-bond acceptors (Lipinski definition) is 1. The molecule has 1 aliphatic rings. The van der Waals surface area contributed by atoms with E-state index >= 15 is 0 Å². The summed E-state index contributed by atoms with van der Waals surface area (Å²) in [4.78, 5) is 11.9. The number of hydrogen-bond donors (Lipinski definition) is 0. The highest BCUT2D eigenvalue weighted by molar-refractivity contribution is 5.92. The van der Waals surface area contributed by atoms with Crippen molar-refractivity contribution in [3.63, 3.8) is 0 Å². The van der Waals surface area contributed by atoms with E-state index in [-0.39, 0.29) is 5.92 Å². The van der Waals surface area contributed by atoms with Gasteiger partial charge in [0, 0.05) is 5.92 Å². The van der Waals surface area contributed by atoms with Crippen LogP contribution in [0.1, 0.15) is 33.6 Å². The van der Waals surface area contributed by atoms with Gasteiger partial charge in [0.1, 0.15) is 0 Å². The second-order valence-corrected chi connectivity index (χ2v) is 4.12. The molecule has 0 fully saturated rings. The average Bonchev–Trinajstić information content (AvgIpc) is 2.17. The van der Waals surface area contributed by atoms with Crippen LogP contribution >= 0.6 is 0 Å². The van der Waals surface area contributed by atoms with E-state index in [1.165, 1.54) is 0 Å². The van der Waals surface area contributed by atoms with Crippen molar-refractivity contribution in [3.8, 4) is 0 Å². The Morgan fingerprint density at radius 2 is 2.29 bits per heavy atom. The quantitative estimate of drug-likeness (QED) is 0.495. The van der Waals surface area contributed by atoms with E-state index < -0.39 is 0 Å². The minimum absolute atomic E-state index is 0.209. The minimum Gasteiger partial charge on any atom is -0.295 e. The molecule has 0 heterocycles. The highest BCUT2D eigenvalue weighted by atomic mass is 16.1. The number of carbonyl (C=O) groups is 1. The van der Waals surface area contributed by atoms with Crippen molar-refractivity contribution in [2.45, 2.75) is 33.6 Å². The topological polar surface area (TPSA) is 17.1 Å². The third-order valence-corrected chi connectivity index (χ3v) is 3.14. The molecule has 0 spiro atoms. The molecule has 1 aliphatic carbocycles. The number of allylic oxidation sites excluding steroid dienone is 4. The van der Waals surface area contributed by atoms with Gasteiger partial charge in [-0.1, -0.05) is 38.5 Å². The maximum atomic E-state index is 11.9. The van der Waals surface area contributed by atoms with Crippen LogP contribution in [0.2, 0.25) is 0 Å². The van der Waals surface area contributed by atoms with Gasteiger partial charge in [0.15, 0.2) is 5.78 Å². The fraction of sp³-hybridized carbons (Fsp3) is 0.615. The monoisotopic (exact) mass is 192 g/mol. The zero-order chi connectivity index (χ0) is 10.6. The summed E-state index contributed by atoms with van der Waals surface area (Å²) in [7, 11) is 0. The molecule has 1 rings (SSSR count). The van der Waals surface area contributed by atoms with E-state index in [0.29, 0.717) is 17.6 Å². The van der Waals surface area contributed by atoms with Crippen LogP contribution in [0.5, 0.6) is 0 Å². The highest BCUT2D eigenvalue weighted by Gasteiger charge is 2.30. The fourth-order valence-corrected chi connectivity index (χ4v) is 2.35. The Bertz CT molecular complexity index is 250. The van der Waals surface area contributed by atoms with Crippen molar-refractivity contribution in [1.82, 2.24) is 0 Å². The summed E-state index contributed by atoms with van der Waals surface area (Å²) in [6, 6.07) is 0. The number of carbonyl (C=O) groups excluding carboxylic acids is 1. The van der Waals surface area contributed by atoms with Gasteiger partial charge in [-0.2, -0.15) is 0 Å². The van der Waals surface area contributed by atoms with Crippen molar-refractivity contribution in [2.75, 3.05) is 0 Å². The largest absolute Gasteiger partial charge is 0.295 e. The van der Waals surface area contributed by atoms with Gasteiger partial charge in [0.05, 0.1) is 0 Å². The SMILES string of the molecule is CC=CC(=O)[C@H]1[C@@H](CC)CC=C[C@@H]1C. The van der Waals surface area contributed by atoms with Crippen LogP contribution in [0.15, 0.2) is 24.3 Å². The van der Waals surface area contributed by atoms with Crippen LogP contribution in [0.4, 0.5) is 0 Å². The number of rotatable bonds is 3. The summed E-state index contributed by atoms with van der Waals surface area (Å²) in [6.45, 7) is 6.22. The molecule has 0 aromatic rings. The lowest BCUT2D eigenvalue weighted by atomic mass is 9.73. The second-order valence-electron chi connectivity index (χ2n) is 4.12. The van der Waals surface area contributed by atoms with Gasteiger partial charge in [-0.3, -0.25) is 4.79 Å². The van der Waals surface area contributed by atoms with E-state index in [1.807, 2.05) is 13.0 Å². The molecule has 0 N–H and O–H groups in total. The lowest BCUT2D eigenvalue weighted by Gasteiger charge is -2.30. The smallest absolute Gasteiger partial charge is 0.159 e. The first-order chi connectivity index (χ1) is 6.70. The van der Waals surface area contributed by atoms with Gasteiger partial charge in [-0.05, 0) is 31.3 Å². The van der Waals surface area contributed by atoms with Crippen LogP contribution < -0.4 is 0 Å². The van der Waals surface area contributed by atoms with Crippen molar-refractivity contribution >= 4 is 5.78 Å². The normalized spacial score (nSPS) is 32.4. The Morgan fingerprint density at radius 1 is 1.57 bits per heavy atom. The van der Waals surface area contributed by atoms with Crippen LogP contribution in [0, 0.1) is 17.8 Å². The first kappa shape index (κ1) is 11.2. The van der Waals surface area contributed by atoms with Gasteiger partial charge < -0.3 is 0 Å². The molecule has 0 saturated carbocycles. The van der Waals surface area contributed by atoms with Crippen LogP contribution in [-0.2, 0) is 4.79 Å². The zero-order valence-corrected chi connectivity index (χ0v) is 9.36. The summed E-state index contributed by atoms with van der Waals surface area (Å²) < 4.78 is 0. The molecule has 0 radical (unpaired) electrons. The average molecular weight is 192 g/mol. The van der Waals surface area contributed by atoms with Crippen molar-refractivity contribution < 1.29 is 4.79 Å². The highest BCUT2D eigenvalue weighted by Crippen LogP contribution is 2.33. The van der Waals surface area contributed by atoms with E-state index in [9.17, 15) is 4.79 Å². The summed E-state index contributed by atoms with van der Waals surface area (Å²) >= 11 is 0. The summed E-state index contributed by atoms with van der Waals surface area (Å²) in [5.41, 5.74) is 0. The maximum absolute atomic E-state index is 11.9. The second kappa shape index (κ2) is 5.14. The molecular weight excluding hydrogens is 172 g/mol. The Labute approximate surface area is 86.9 Å².